The lowest BCUT2D eigenvalue weighted by molar-refractivity contribution is -0.121. The van der Waals surface area contributed by atoms with Gasteiger partial charge in [-0.05, 0) is 57.2 Å². The van der Waals surface area contributed by atoms with Gasteiger partial charge in [0.2, 0.25) is 5.91 Å². The second kappa shape index (κ2) is 9.37. The highest BCUT2D eigenvalue weighted by Gasteiger charge is 2.16. The summed E-state index contributed by atoms with van der Waals surface area (Å²) < 4.78 is 10.8. The minimum atomic E-state index is -0.161. The van der Waals surface area contributed by atoms with Crippen molar-refractivity contribution >= 4 is 17.7 Å². The van der Waals surface area contributed by atoms with Crippen molar-refractivity contribution in [1.29, 1.82) is 0 Å². The lowest BCUT2D eigenvalue weighted by Gasteiger charge is -2.18. The number of aryl methyl sites for hydroxylation is 1. The summed E-state index contributed by atoms with van der Waals surface area (Å²) in [5.74, 6) is 1.55. The highest BCUT2D eigenvalue weighted by molar-refractivity contribution is 8.00. The molecule has 0 spiro atoms. The van der Waals surface area contributed by atoms with Crippen LogP contribution in [0.2, 0.25) is 0 Å². The van der Waals surface area contributed by atoms with Crippen molar-refractivity contribution in [3.05, 3.63) is 54.1 Å². The van der Waals surface area contributed by atoms with E-state index in [9.17, 15) is 4.79 Å². The molecule has 2 rings (SSSR count). The second-order valence-corrected chi connectivity index (χ2v) is 7.38. The average Bonchev–Trinajstić information content (AvgIpc) is 2.62. The second-order valence-electron chi connectivity index (χ2n) is 5.97. The minimum Gasteiger partial charge on any atom is -0.497 e. The monoisotopic (exact) mass is 359 g/mol. The molecule has 0 aliphatic heterocycles. The topological polar surface area (TPSA) is 47.6 Å². The summed E-state index contributed by atoms with van der Waals surface area (Å²) in [4.78, 5) is 13.4. The predicted octanol–water partition coefficient (Wildman–Crippen LogP) is 4.07. The Bertz CT molecular complexity index is 670. The molecule has 2 aromatic carbocycles. The van der Waals surface area contributed by atoms with Gasteiger partial charge in [0, 0.05) is 4.90 Å². The van der Waals surface area contributed by atoms with Gasteiger partial charge in [-0.1, -0.05) is 17.7 Å². The Morgan fingerprint density at radius 2 is 1.64 bits per heavy atom. The number of thioether (sulfide) groups is 1. The Morgan fingerprint density at radius 1 is 1.04 bits per heavy atom. The highest BCUT2D eigenvalue weighted by Crippen LogP contribution is 2.23. The maximum Gasteiger partial charge on any atom is 0.233 e. The Morgan fingerprint density at radius 3 is 2.24 bits per heavy atom. The van der Waals surface area contributed by atoms with E-state index in [2.05, 4.69) is 24.4 Å². The molecule has 2 unspecified atom stereocenters. The first-order chi connectivity index (χ1) is 12.0. The number of benzene rings is 2. The smallest absolute Gasteiger partial charge is 0.233 e. The van der Waals surface area contributed by atoms with Crippen LogP contribution in [0.3, 0.4) is 0 Å². The van der Waals surface area contributed by atoms with Crippen molar-refractivity contribution < 1.29 is 14.3 Å². The third-order valence-corrected chi connectivity index (χ3v) is 4.76. The van der Waals surface area contributed by atoms with Crippen LogP contribution in [0.1, 0.15) is 19.4 Å². The Labute approximate surface area is 153 Å². The molecule has 2 atom stereocenters. The number of nitrogens with one attached hydrogen (secondary N) is 1. The molecule has 1 amide bonds. The summed E-state index contributed by atoms with van der Waals surface area (Å²) in [5, 5.41) is 2.83. The van der Waals surface area contributed by atoms with Crippen LogP contribution in [-0.4, -0.2) is 30.9 Å². The maximum absolute atomic E-state index is 12.3. The van der Waals surface area contributed by atoms with Crippen molar-refractivity contribution in [1.82, 2.24) is 5.32 Å². The van der Waals surface area contributed by atoms with E-state index in [1.807, 2.05) is 50.2 Å². The number of hydrogen-bond acceptors (Lipinski definition) is 4. The maximum atomic E-state index is 12.3. The van der Waals surface area contributed by atoms with Gasteiger partial charge in [0.1, 0.15) is 18.1 Å². The van der Waals surface area contributed by atoms with Crippen molar-refractivity contribution in [3.63, 3.8) is 0 Å². The van der Waals surface area contributed by atoms with Gasteiger partial charge in [0.25, 0.3) is 0 Å². The van der Waals surface area contributed by atoms with E-state index in [4.69, 9.17) is 9.47 Å². The standard InChI is InChI=1S/C20H25NO3S/c1-14-5-11-19(12-6-14)25-16(3)20(22)21-15(2)13-24-18-9-7-17(23-4)8-10-18/h5-12,15-16H,13H2,1-4H3,(H,21,22). The molecule has 5 heteroatoms. The highest BCUT2D eigenvalue weighted by atomic mass is 32.2. The number of amides is 1. The quantitative estimate of drug-likeness (QED) is 0.722. The third-order valence-electron chi connectivity index (χ3n) is 3.65. The Kier molecular flexibility index (Phi) is 7.19. The zero-order valence-electron chi connectivity index (χ0n) is 15.1. The van der Waals surface area contributed by atoms with Gasteiger partial charge >= 0.3 is 0 Å². The first kappa shape index (κ1) is 19.2. The van der Waals surface area contributed by atoms with Gasteiger partial charge < -0.3 is 14.8 Å². The van der Waals surface area contributed by atoms with E-state index in [1.165, 1.54) is 5.56 Å². The van der Waals surface area contributed by atoms with Crippen LogP contribution in [-0.2, 0) is 4.79 Å². The van der Waals surface area contributed by atoms with Crippen LogP contribution < -0.4 is 14.8 Å². The van der Waals surface area contributed by atoms with Crippen LogP contribution in [0.25, 0.3) is 0 Å². The van der Waals surface area contributed by atoms with E-state index < -0.39 is 0 Å². The predicted molar refractivity (Wildman–Crippen MR) is 103 cm³/mol. The van der Waals surface area contributed by atoms with Gasteiger partial charge in [-0.2, -0.15) is 0 Å². The zero-order chi connectivity index (χ0) is 18.2. The summed E-state index contributed by atoms with van der Waals surface area (Å²) in [6, 6.07) is 15.5. The lowest BCUT2D eigenvalue weighted by Crippen LogP contribution is -2.40. The van der Waals surface area contributed by atoms with E-state index in [1.54, 1.807) is 18.9 Å². The SMILES string of the molecule is COc1ccc(OCC(C)NC(=O)C(C)Sc2ccc(C)cc2)cc1. The van der Waals surface area contributed by atoms with Crippen molar-refractivity contribution in [3.8, 4) is 11.5 Å². The van der Waals surface area contributed by atoms with E-state index >= 15 is 0 Å². The molecule has 134 valence electrons. The Hall–Kier alpha value is -2.14. The van der Waals surface area contributed by atoms with Crippen LogP contribution in [0.4, 0.5) is 0 Å². The number of methoxy groups -OCH3 is 1. The fourth-order valence-corrected chi connectivity index (χ4v) is 3.05. The summed E-state index contributed by atoms with van der Waals surface area (Å²) in [5.41, 5.74) is 1.21. The molecule has 25 heavy (non-hydrogen) atoms. The van der Waals surface area contributed by atoms with Gasteiger partial charge in [-0.15, -0.1) is 11.8 Å². The number of carbonyl (C=O) groups excluding carboxylic acids is 1. The fourth-order valence-electron chi connectivity index (χ4n) is 2.17. The summed E-state index contributed by atoms with van der Waals surface area (Å²) in [6.07, 6.45) is 0. The first-order valence-electron chi connectivity index (χ1n) is 8.28. The molecule has 0 saturated carbocycles. The molecule has 0 aromatic heterocycles. The summed E-state index contributed by atoms with van der Waals surface area (Å²) in [6.45, 7) is 6.32. The number of carbonyl (C=O) groups is 1. The van der Waals surface area contributed by atoms with Gasteiger partial charge in [0.05, 0.1) is 18.4 Å². The number of hydrogen-bond donors (Lipinski definition) is 1. The van der Waals surface area contributed by atoms with E-state index in [0.29, 0.717) is 6.61 Å². The molecule has 0 heterocycles. The minimum absolute atomic E-state index is 0.0106. The molecule has 0 aliphatic carbocycles. The van der Waals surface area contributed by atoms with Crippen molar-refractivity contribution in [2.24, 2.45) is 0 Å². The molecule has 0 saturated heterocycles. The summed E-state index contributed by atoms with van der Waals surface area (Å²) in [7, 11) is 1.63. The fraction of sp³-hybridized carbons (Fsp3) is 0.350. The molecule has 4 nitrogen and oxygen atoms in total. The van der Waals surface area contributed by atoms with Gasteiger partial charge in [0.15, 0.2) is 0 Å². The van der Waals surface area contributed by atoms with Crippen LogP contribution in [0.5, 0.6) is 11.5 Å². The molecule has 0 radical (unpaired) electrons. The van der Waals surface area contributed by atoms with E-state index in [0.717, 1.165) is 16.4 Å². The van der Waals surface area contributed by atoms with Gasteiger partial charge in [-0.3, -0.25) is 4.79 Å². The number of ether oxygens (including phenoxy) is 2. The van der Waals surface area contributed by atoms with Crippen LogP contribution in [0.15, 0.2) is 53.4 Å². The molecule has 0 fully saturated rings. The van der Waals surface area contributed by atoms with Crippen molar-refractivity contribution in [2.75, 3.05) is 13.7 Å². The third kappa shape index (κ3) is 6.35. The molecule has 0 aliphatic rings. The number of rotatable bonds is 8. The lowest BCUT2D eigenvalue weighted by atomic mass is 10.2. The summed E-state index contributed by atoms with van der Waals surface area (Å²) >= 11 is 1.55. The first-order valence-corrected chi connectivity index (χ1v) is 9.16. The Balaban J connectivity index is 1.77. The normalized spacial score (nSPS) is 13.0. The van der Waals surface area contributed by atoms with Crippen LogP contribution in [0, 0.1) is 6.92 Å². The van der Waals surface area contributed by atoms with Gasteiger partial charge in [-0.25, -0.2) is 0 Å². The van der Waals surface area contributed by atoms with Crippen LogP contribution >= 0.6 is 11.8 Å². The van der Waals surface area contributed by atoms with E-state index in [-0.39, 0.29) is 17.2 Å². The van der Waals surface area contributed by atoms with Crippen molar-refractivity contribution in [2.45, 2.75) is 37.0 Å². The molecule has 1 N–H and O–H groups in total. The molecule has 2 aromatic rings. The molecular formula is C20H25NO3S. The zero-order valence-corrected chi connectivity index (χ0v) is 15.9. The molecule has 0 bridgehead atoms. The molecular weight excluding hydrogens is 334 g/mol. The largest absolute Gasteiger partial charge is 0.497 e. The average molecular weight is 359 g/mol.